The van der Waals surface area contributed by atoms with Gasteiger partial charge in [-0.3, -0.25) is 14.4 Å². The lowest BCUT2D eigenvalue weighted by atomic mass is 9.82. The second-order valence-electron chi connectivity index (χ2n) is 15.6. The third-order valence-corrected chi connectivity index (χ3v) is 13.5. The maximum Gasteiger partial charge on any atom is 0.264 e. The topological polar surface area (TPSA) is 131 Å². The zero-order valence-electron chi connectivity index (χ0n) is 31.8. The molecule has 0 radical (unpaired) electrons. The summed E-state index contributed by atoms with van der Waals surface area (Å²) in [6.07, 6.45) is 7.06. The number of amides is 3. The predicted octanol–water partition coefficient (Wildman–Crippen LogP) is 5.87. The Morgan fingerprint density at radius 2 is 1.88 bits per heavy atom. The van der Waals surface area contributed by atoms with E-state index in [0.29, 0.717) is 36.6 Å². The monoisotopic (exact) mass is 730 g/mol. The summed E-state index contributed by atoms with van der Waals surface area (Å²) in [6.45, 7) is 14.1. The van der Waals surface area contributed by atoms with Gasteiger partial charge in [-0.15, -0.1) is 0 Å². The molecule has 1 unspecified atom stereocenters. The number of fused-ring (bicyclic) bond motifs is 2. The van der Waals surface area contributed by atoms with Crippen LogP contribution in [0.4, 0.5) is 11.4 Å². The van der Waals surface area contributed by atoms with Crippen LogP contribution in [0, 0.1) is 11.8 Å². The Labute approximate surface area is 310 Å². The normalized spacial score (nSPS) is 24.6. The zero-order valence-corrected chi connectivity index (χ0v) is 32.8. The first-order valence-electron chi connectivity index (χ1n) is 18.9. The lowest BCUT2D eigenvalue weighted by Crippen LogP contribution is -2.46. The summed E-state index contributed by atoms with van der Waals surface area (Å²) in [7, 11) is -3.04. The van der Waals surface area contributed by atoms with Gasteiger partial charge in [-0.05, 0) is 89.9 Å². The van der Waals surface area contributed by atoms with E-state index < -0.39 is 31.5 Å². The van der Waals surface area contributed by atoms with Crippen LogP contribution < -0.4 is 15.5 Å². The smallest absolute Gasteiger partial charge is 0.264 e. The molecule has 2 saturated heterocycles. The van der Waals surface area contributed by atoms with Gasteiger partial charge in [0.05, 0.1) is 30.7 Å². The minimum Gasteiger partial charge on any atom is -0.432 e. The molecule has 5 atom stereocenters. The summed E-state index contributed by atoms with van der Waals surface area (Å²) >= 11 is 0. The van der Waals surface area contributed by atoms with Gasteiger partial charge >= 0.3 is 0 Å². The van der Waals surface area contributed by atoms with E-state index in [4.69, 9.17) is 4.74 Å². The summed E-state index contributed by atoms with van der Waals surface area (Å²) in [5.41, 5.74) is 3.40. The van der Waals surface area contributed by atoms with Gasteiger partial charge in [-0.25, -0.2) is 0 Å². The van der Waals surface area contributed by atoms with Crippen LogP contribution in [0.15, 0.2) is 71.8 Å². The Hall–Kier alpha value is -3.61. The number of ether oxygens (including phenoxy) is 1. The Balaban J connectivity index is 1.50. The fourth-order valence-electron chi connectivity index (χ4n) is 8.31. The van der Waals surface area contributed by atoms with E-state index in [-0.39, 0.29) is 43.2 Å². The van der Waals surface area contributed by atoms with Crippen molar-refractivity contribution in [3.8, 4) is 0 Å². The molecule has 3 aliphatic rings. The number of anilines is 2. The molecule has 5 rings (SSSR count). The van der Waals surface area contributed by atoms with Crippen molar-refractivity contribution >= 4 is 37.4 Å². The third kappa shape index (κ3) is 8.77. The highest BCUT2D eigenvalue weighted by Crippen LogP contribution is 2.60. The molecule has 3 heterocycles. The lowest BCUT2D eigenvalue weighted by molar-refractivity contribution is -0.149. The summed E-state index contributed by atoms with van der Waals surface area (Å²) < 4.78 is 6.98. The molecule has 10 nitrogen and oxygen atoms in total. The molecule has 2 fully saturated rings. The maximum absolute atomic E-state index is 14.9. The van der Waals surface area contributed by atoms with Crippen molar-refractivity contribution in [2.75, 3.05) is 43.0 Å². The first-order chi connectivity index (χ1) is 24.8. The SMILES string of the molecule is CC(C)=CCC/C(C)=C/CN1C(=O)[C@@]2(O[C@@H](CC(=O)N(CCO)Cc3ccccc3)[C@H]([Si](C)(C)O)[C@H]2C)c2cc(NC(=O)C3CCCNC3)ccc21. The molecular weight excluding hydrogens is 673 g/mol. The molecule has 4 N–H and O–H groups in total. The number of nitrogens with one attached hydrogen (secondary N) is 2. The fourth-order valence-corrected chi connectivity index (χ4v) is 10.9. The van der Waals surface area contributed by atoms with E-state index in [1.807, 2.05) is 68.5 Å². The highest BCUT2D eigenvalue weighted by Gasteiger charge is 2.66. The van der Waals surface area contributed by atoms with E-state index in [1.165, 1.54) is 11.1 Å². The standard InChI is InChI=1S/C41H58N4O6Si/c1-28(2)12-10-13-29(3)19-21-45-35-18-17-33(43-39(48)32-16-11-20-42-26-32)24-34(35)41(40(45)49)30(4)38(52(5,6)50)36(51-41)25-37(47)44(22-23-46)27-31-14-8-7-9-15-31/h7-9,12,14-15,17-19,24,30,32,36,38,42,46,50H,10-11,13,16,20-23,25-27H2,1-6H3,(H,43,48)/b29-19+/t30-,32?,36+,38-,41+/m1/s1. The van der Waals surface area contributed by atoms with Gasteiger partial charge in [0.15, 0.2) is 13.9 Å². The van der Waals surface area contributed by atoms with Crippen LogP contribution in [0.3, 0.4) is 0 Å². The first kappa shape index (κ1) is 39.6. The number of carbonyl (C=O) groups excluding carboxylic acids is 3. The van der Waals surface area contributed by atoms with E-state index in [0.717, 1.165) is 37.8 Å². The van der Waals surface area contributed by atoms with Crippen LogP contribution in [0.1, 0.15) is 70.9 Å². The zero-order chi connectivity index (χ0) is 37.6. The van der Waals surface area contributed by atoms with Crippen molar-refractivity contribution in [2.24, 2.45) is 11.8 Å². The minimum atomic E-state index is -3.04. The van der Waals surface area contributed by atoms with Gasteiger partial charge in [0.2, 0.25) is 11.8 Å². The Bertz CT molecular complexity index is 1650. The second-order valence-corrected chi connectivity index (χ2v) is 19.6. The van der Waals surface area contributed by atoms with E-state index in [2.05, 4.69) is 43.6 Å². The minimum absolute atomic E-state index is 0.0440. The average molecular weight is 731 g/mol. The molecular formula is C41H58N4O6Si. The number of piperidine rings is 1. The summed E-state index contributed by atoms with van der Waals surface area (Å²) in [4.78, 5) is 57.5. The number of nitrogens with zero attached hydrogens (tertiary/aromatic N) is 2. The molecule has 3 amide bonds. The molecule has 0 aliphatic carbocycles. The molecule has 11 heteroatoms. The summed E-state index contributed by atoms with van der Waals surface area (Å²) in [5, 5.41) is 16.3. The molecule has 1 spiro atoms. The van der Waals surface area contributed by atoms with Crippen molar-refractivity contribution in [2.45, 2.75) is 96.7 Å². The second kappa shape index (κ2) is 17.0. The number of allylic oxidation sites excluding steroid dienone is 3. The Morgan fingerprint density at radius 1 is 1.13 bits per heavy atom. The summed E-state index contributed by atoms with van der Waals surface area (Å²) in [6, 6.07) is 15.2. The van der Waals surface area contributed by atoms with Crippen LogP contribution >= 0.6 is 0 Å². The largest absolute Gasteiger partial charge is 0.432 e. The van der Waals surface area contributed by atoms with Gasteiger partial charge in [-0.1, -0.05) is 60.6 Å². The number of rotatable bonds is 14. The number of aliphatic hydroxyl groups excluding tert-OH is 1. The van der Waals surface area contributed by atoms with Crippen LogP contribution in [0.25, 0.3) is 0 Å². The number of benzene rings is 2. The average Bonchev–Trinajstić information content (AvgIpc) is 3.53. The van der Waals surface area contributed by atoms with Crippen LogP contribution in [-0.2, 0) is 31.3 Å². The van der Waals surface area contributed by atoms with Crippen molar-refractivity contribution in [1.82, 2.24) is 10.2 Å². The van der Waals surface area contributed by atoms with Crippen molar-refractivity contribution in [3.63, 3.8) is 0 Å². The predicted molar refractivity (Wildman–Crippen MR) is 208 cm³/mol. The van der Waals surface area contributed by atoms with Gasteiger partial charge in [0, 0.05) is 48.9 Å². The van der Waals surface area contributed by atoms with Crippen LogP contribution in [0.2, 0.25) is 18.6 Å². The highest BCUT2D eigenvalue weighted by atomic mass is 28.4. The molecule has 0 bridgehead atoms. The quantitative estimate of drug-likeness (QED) is 0.141. The molecule has 3 aliphatic heterocycles. The van der Waals surface area contributed by atoms with Gasteiger partial charge < -0.3 is 35.1 Å². The van der Waals surface area contributed by atoms with Gasteiger partial charge in [-0.2, -0.15) is 0 Å². The first-order valence-corrected chi connectivity index (χ1v) is 21.9. The van der Waals surface area contributed by atoms with Crippen molar-refractivity contribution in [3.05, 3.63) is 83.0 Å². The van der Waals surface area contributed by atoms with E-state index in [1.54, 1.807) is 9.80 Å². The van der Waals surface area contributed by atoms with E-state index >= 15 is 0 Å². The van der Waals surface area contributed by atoms with E-state index in [9.17, 15) is 24.3 Å². The van der Waals surface area contributed by atoms with Crippen molar-refractivity contribution < 1.29 is 29.0 Å². The molecule has 2 aromatic carbocycles. The number of hydrogen-bond acceptors (Lipinski definition) is 7. The van der Waals surface area contributed by atoms with Crippen LogP contribution in [-0.4, -0.2) is 79.7 Å². The maximum atomic E-state index is 14.9. The fraction of sp³-hybridized carbons (Fsp3) is 0.537. The molecule has 2 aromatic rings. The van der Waals surface area contributed by atoms with Crippen LogP contribution in [0.5, 0.6) is 0 Å². The Morgan fingerprint density at radius 3 is 2.54 bits per heavy atom. The molecule has 0 aromatic heterocycles. The Kier molecular flexibility index (Phi) is 13.0. The number of aliphatic hydroxyl groups is 1. The molecule has 282 valence electrons. The van der Waals surface area contributed by atoms with Gasteiger partial charge in [0.25, 0.3) is 5.91 Å². The van der Waals surface area contributed by atoms with Crippen molar-refractivity contribution in [1.29, 1.82) is 0 Å². The lowest BCUT2D eigenvalue weighted by Gasteiger charge is -2.32. The highest BCUT2D eigenvalue weighted by molar-refractivity contribution is 6.71. The summed E-state index contributed by atoms with van der Waals surface area (Å²) in [5.74, 6) is -1.11. The molecule has 0 saturated carbocycles. The molecule has 52 heavy (non-hydrogen) atoms. The third-order valence-electron chi connectivity index (χ3n) is 10.9. The number of hydrogen-bond donors (Lipinski definition) is 4. The number of carbonyl (C=O) groups is 3. The van der Waals surface area contributed by atoms with Gasteiger partial charge in [0.1, 0.15) is 0 Å².